The van der Waals surface area contributed by atoms with Crippen molar-refractivity contribution in [2.45, 2.75) is 170 Å². The second kappa shape index (κ2) is 32.2. The highest BCUT2D eigenvalue weighted by Gasteiger charge is 2.49. The van der Waals surface area contributed by atoms with E-state index in [9.17, 15) is 53.1 Å². The monoisotopic (exact) mass is 1300 g/mol. The van der Waals surface area contributed by atoms with Gasteiger partial charge in [0.25, 0.3) is 5.91 Å². The summed E-state index contributed by atoms with van der Waals surface area (Å²) in [6.07, 6.45) is 3.35. The number of imide groups is 1. The van der Waals surface area contributed by atoms with Crippen LogP contribution in [0.4, 0.5) is 5.69 Å². The van der Waals surface area contributed by atoms with Gasteiger partial charge < -0.3 is 63.8 Å². The molecule has 5 rings (SSSR count). The maximum Gasteiger partial charge on any atom is 0.262 e. The highest BCUT2D eigenvalue weighted by molar-refractivity contribution is 14.1. The Hall–Kier alpha value is -6.24. The quantitative estimate of drug-likeness (QED) is 0.0137. The summed E-state index contributed by atoms with van der Waals surface area (Å²) in [4.78, 5) is 142. The number of thiol groups is 1. The van der Waals surface area contributed by atoms with Gasteiger partial charge >= 0.3 is 0 Å². The molecular formula is C54H77IN14O12S2. The Balaban J connectivity index is 1.27. The highest BCUT2D eigenvalue weighted by atomic mass is 127. The minimum atomic E-state index is -1.76. The van der Waals surface area contributed by atoms with E-state index in [4.69, 9.17) is 27.5 Å². The molecule has 10 amide bonds. The van der Waals surface area contributed by atoms with Crippen molar-refractivity contribution in [3.05, 3.63) is 67.6 Å². The summed E-state index contributed by atoms with van der Waals surface area (Å²) < 4.78 is 6.47. The number of nitrogens with one attached hydrogen (secondary N) is 6. The van der Waals surface area contributed by atoms with Gasteiger partial charge in [0.1, 0.15) is 48.0 Å². The number of azide groups is 1. The molecular weight excluding hydrogens is 1230 g/mol. The third-order valence-electron chi connectivity index (χ3n) is 15.0. The summed E-state index contributed by atoms with van der Waals surface area (Å²) in [5, 5.41) is 29.9. The first-order valence-electron chi connectivity index (χ1n) is 27.7. The Bertz CT molecular complexity index is 2730. The number of nitrogens with zero attached hydrogens (tertiary/aromatic N) is 5. The Morgan fingerprint density at radius 2 is 1.47 bits per heavy atom. The van der Waals surface area contributed by atoms with Crippen molar-refractivity contribution < 1.29 is 57.8 Å². The number of halogens is 1. The minimum absolute atomic E-state index is 0.0204. The Morgan fingerprint density at radius 1 is 0.843 bits per heavy atom. The smallest absolute Gasteiger partial charge is 0.262 e. The third kappa shape index (κ3) is 18.9. The summed E-state index contributed by atoms with van der Waals surface area (Å²) in [6, 6.07) is 0.802. The molecule has 3 fully saturated rings. The van der Waals surface area contributed by atoms with Gasteiger partial charge in [0.15, 0.2) is 0 Å². The fourth-order valence-corrected chi connectivity index (χ4v) is 12.5. The molecule has 2 heterocycles. The number of nitrogens with two attached hydrogens (primary N) is 3. The fraction of sp³-hybridized carbons (Fsp3) is 0.593. The molecule has 1 saturated carbocycles. The number of carbonyl (C=O) groups is 10. The van der Waals surface area contributed by atoms with Crippen LogP contribution in [0.1, 0.15) is 109 Å². The van der Waals surface area contributed by atoms with Gasteiger partial charge in [-0.2, -0.15) is 12.6 Å². The van der Waals surface area contributed by atoms with Crippen molar-refractivity contribution in [1.29, 1.82) is 0 Å². The van der Waals surface area contributed by atoms with E-state index in [0.717, 1.165) is 42.0 Å². The summed E-state index contributed by atoms with van der Waals surface area (Å²) in [5.41, 5.74) is 28.3. The van der Waals surface area contributed by atoms with Crippen LogP contribution in [-0.4, -0.2) is 159 Å². The van der Waals surface area contributed by atoms with E-state index in [-0.39, 0.29) is 63.3 Å². The van der Waals surface area contributed by atoms with Crippen LogP contribution in [0.5, 0.6) is 5.75 Å². The van der Waals surface area contributed by atoms with E-state index in [1.807, 2.05) is 22.6 Å². The lowest BCUT2D eigenvalue weighted by atomic mass is 9.86. The number of benzene rings is 2. The van der Waals surface area contributed by atoms with Crippen molar-refractivity contribution in [1.82, 2.24) is 41.1 Å². The Morgan fingerprint density at radius 3 is 2.07 bits per heavy atom. The maximum atomic E-state index is 14.5. The van der Waals surface area contributed by atoms with Gasteiger partial charge in [-0.05, 0) is 134 Å². The highest BCUT2D eigenvalue weighted by Crippen LogP contribution is 2.49. The molecule has 2 aromatic carbocycles. The molecule has 2 saturated heterocycles. The van der Waals surface area contributed by atoms with Gasteiger partial charge in [-0.1, -0.05) is 68.9 Å². The molecule has 26 nitrogen and oxygen atoms in total. The predicted octanol–water partition coefficient (Wildman–Crippen LogP) is 1.33. The number of amides is 10. The number of methoxy groups -OCH3 is 1. The third-order valence-corrected chi connectivity index (χ3v) is 17.7. The van der Waals surface area contributed by atoms with Crippen LogP contribution in [0.25, 0.3) is 10.4 Å². The Labute approximate surface area is 505 Å². The zero-order valence-electron chi connectivity index (χ0n) is 47.0. The fourth-order valence-electron chi connectivity index (χ4n) is 10.1. The molecule has 2 aromatic rings. The first kappa shape index (κ1) is 67.5. The van der Waals surface area contributed by atoms with Crippen LogP contribution in [0.3, 0.4) is 0 Å². The van der Waals surface area contributed by atoms with Gasteiger partial charge in [0, 0.05) is 38.4 Å². The molecule has 454 valence electrons. The summed E-state index contributed by atoms with van der Waals surface area (Å²) in [5.74, 6) is -8.29. The number of aliphatic hydroxyl groups is 1. The number of rotatable bonds is 29. The summed E-state index contributed by atoms with van der Waals surface area (Å²) >= 11 is 7.49. The summed E-state index contributed by atoms with van der Waals surface area (Å²) in [6.45, 7) is 4.82. The molecule has 2 aliphatic heterocycles. The lowest BCUT2D eigenvalue weighted by Gasteiger charge is -2.32. The van der Waals surface area contributed by atoms with Crippen LogP contribution in [0.2, 0.25) is 0 Å². The van der Waals surface area contributed by atoms with E-state index >= 15 is 0 Å². The van der Waals surface area contributed by atoms with Gasteiger partial charge in [-0.3, -0.25) is 47.9 Å². The van der Waals surface area contributed by atoms with Crippen molar-refractivity contribution in [2.75, 3.05) is 26.0 Å². The van der Waals surface area contributed by atoms with Gasteiger partial charge in [-0.15, -0.1) is 0 Å². The second-order valence-corrected chi connectivity index (χ2v) is 24.1. The molecule has 1 aliphatic carbocycles. The molecule has 3 aliphatic rings. The van der Waals surface area contributed by atoms with Crippen LogP contribution >= 0.6 is 47.2 Å². The number of aliphatic hydroxyl groups excluding tert-OH is 1. The average Bonchev–Trinajstić information content (AvgIpc) is 4.29. The van der Waals surface area contributed by atoms with Crippen molar-refractivity contribution in [3.63, 3.8) is 0 Å². The molecule has 0 aromatic heterocycles. The van der Waals surface area contributed by atoms with E-state index in [1.165, 1.54) is 30.9 Å². The molecule has 0 bridgehead atoms. The molecule has 1 spiro atoms. The standard InChI is InChI=1S/C54H77IN14O12S2/c1-5-29(2)44(64-46(73)35(57)24-31-13-16-33(81-4)17-14-31)50(77)65-45(30(3)70)51(78)61-38(26-42(58)71)48(75)63-40(28-82)52(79)68-22-10-12-41(68)49(76)60-37(11-9-21-56)47(74)62-39(25-32-15-18-36(66-67-59)34(55)23-32)53(80)69-43(72)27-54(83-69)19-7-6-8-20-54/h13-18,23,29-30,35,37-41,44-45,70,82H,5-12,19-22,24-28,56-57H2,1-4H3,(H2,58,71)(H,60,76)(H,61,78)(H,62,74)(H,63,75)(H,64,73)(H,65,77)/t29-,30+,35-,37-,38-,39-,40-,41-,44-,45-/m0/s1. The van der Waals surface area contributed by atoms with Gasteiger partial charge in [0.05, 0.1) is 31.4 Å². The topological polar surface area (TPSA) is 406 Å². The number of likely N-dealkylation sites (tertiary alicyclic amines) is 1. The second-order valence-electron chi connectivity index (χ2n) is 21.2. The van der Waals surface area contributed by atoms with Crippen LogP contribution in [0.15, 0.2) is 47.6 Å². The van der Waals surface area contributed by atoms with E-state index in [1.54, 1.807) is 56.3 Å². The first-order chi connectivity index (χ1) is 39.5. The molecule has 13 N–H and O–H groups in total. The van der Waals surface area contributed by atoms with Gasteiger partial charge in [0.2, 0.25) is 53.2 Å². The number of primary amides is 1. The maximum absolute atomic E-state index is 14.5. The van der Waals surface area contributed by atoms with E-state index in [0.29, 0.717) is 33.4 Å². The van der Waals surface area contributed by atoms with Crippen molar-refractivity contribution in [3.8, 4) is 5.75 Å². The number of ether oxygens (including phenoxy) is 1. The lowest BCUT2D eigenvalue weighted by molar-refractivity contribution is -0.143. The zero-order chi connectivity index (χ0) is 61.1. The Kier molecular flexibility index (Phi) is 26.2. The van der Waals surface area contributed by atoms with Crippen LogP contribution in [-0.2, 0) is 60.8 Å². The first-order valence-corrected chi connectivity index (χ1v) is 30.1. The van der Waals surface area contributed by atoms with Crippen LogP contribution in [0, 0.1) is 9.49 Å². The largest absolute Gasteiger partial charge is 0.497 e. The average molecular weight is 1310 g/mol. The molecule has 0 radical (unpaired) electrons. The van der Waals surface area contributed by atoms with Crippen molar-refractivity contribution in [2.24, 2.45) is 28.2 Å². The number of hydrogen-bond donors (Lipinski definition) is 11. The zero-order valence-corrected chi connectivity index (χ0v) is 50.8. The van der Waals surface area contributed by atoms with Crippen LogP contribution < -0.4 is 53.8 Å². The number of hydrogen-bond acceptors (Lipinski definition) is 17. The molecule has 0 unspecified atom stereocenters. The lowest BCUT2D eigenvalue weighted by Crippen LogP contribution is -2.62. The SMILES string of the molecule is CC[C@H](C)[C@H](NC(=O)[C@@H](N)Cc1ccc(OC)cc1)C(=O)N[C@H](C(=O)N[C@@H](CC(N)=O)C(=O)N[C@@H](CS)C(=O)N1CCC[C@H]1C(=O)N[C@@H](CCCN)C(=O)N[C@@H](Cc1ccc(N=[N+]=[N-])c(I)c1)C(=O)N1SC2(CCCCC2)CC1=O)[C@@H](C)O. The van der Waals surface area contributed by atoms with Gasteiger partial charge in [-0.25, -0.2) is 4.31 Å². The normalized spacial score (nSPS) is 18.8. The molecule has 10 atom stereocenters. The summed E-state index contributed by atoms with van der Waals surface area (Å²) in [7, 11) is 1.52. The minimum Gasteiger partial charge on any atom is -0.497 e. The molecule has 83 heavy (non-hydrogen) atoms. The molecule has 29 heteroatoms. The predicted molar refractivity (Wildman–Crippen MR) is 320 cm³/mol. The number of carbonyl (C=O) groups excluding carboxylic acids is 10. The van der Waals surface area contributed by atoms with Crippen molar-refractivity contribution >= 4 is 112 Å². The van der Waals surface area contributed by atoms with E-state index < -0.39 is 125 Å². The van der Waals surface area contributed by atoms with E-state index in [2.05, 4.69) is 54.6 Å².